The molecule has 9 fully saturated rings. The van der Waals surface area contributed by atoms with Crippen molar-refractivity contribution in [3.8, 4) is 0 Å². The van der Waals surface area contributed by atoms with E-state index in [0.717, 1.165) is 109 Å². The standard InChI is InChI=1S/C50H75N3O9/c1-5-6-24-51-44(54)38-22-19-36(27-41(38)45(51)55)61-33-14-10-29(11-15-33)50(2,3)30-12-16-34(17-13-30)62-37-20-23-40-43(28-37)49(59)53(47(40)57)32-9-7-8-31(25-32)52-46(56)39-21-18-35(60-4)26-42(39)48(52)58/h29-43H,5-28H2,1-4H3. The molecule has 0 N–H and O–H groups in total. The third-order valence-corrected chi connectivity index (χ3v) is 18.4. The second-order valence-corrected chi connectivity index (χ2v) is 22.0. The minimum Gasteiger partial charge on any atom is -0.381 e. The highest BCUT2D eigenvalue weighted by Crippen LogP contribution is 2.51. The van der Waals surface area contributed by atoms with Crippen molar-refractivity contribution in [1.29, 1.82) is 0 Å². The molecule has 3 saturated heterocycles. The number of carbonyl (C=O) groups is 6. The number of nitrogens with zero attached hydrogens (tertiary/aromatic N) is 3. The Bertz CT molecular complexity index is 1720. The van der Waals surface area contributed by atoms with Gasteiger partial charge in [0.05, 0.1) is 66.0 Å². The first-order valence-corrected chi connectivity index (χ1v) is 25.3. The molecule has 6 saturated carbocycles. The van der Waals surface area contributed by atoms with E-state index in [1.165, 1.54) is 9.80 Å². The molecule has 0 spiro atoms. The molecule has 12 nitrogen and oxygen atoms in total. The summed E-state index contributed by atoms with van der Waals surface area (Å²) in [7, 11) is 1.67. The van der Waals surface area contributed by atoms with Gasteiger partial charge in [0.25, 0.3) is 0 Å². The van der Waals surface area contributed by atoms with Crippen LogP contribution in [0.3, 0.4) is 0 Å². The third-order valence-electron chi connectivity index (χ3n) is 18.4. The zero-order chi connectivity index (χ0) is 43.4. The monoisotopic (exact) mass is 862 g/mol. The van der Waals surface area contributed by atoms with E-state index < -0.39 is 0 Å². The van der Waals surface area contributed by atoms with Gasteiger partial charge >= 0.3 is 0 Å². The van der Waals surface area contributed by atoms with Crippen molar-refractivity contribution in [2.24, 2.45) is 52.8 Å². The Morgan fingerprint density at radius 2 is 0.855 bits per heavy atom. The molecular formula is C50H75N3O9. The number of fused-ring (bicyclic) bond motifs is 3. The Morgan fingerprint density at radius 3 is 1.32 bits per heavy atom. The van der Waals surface area contributed by atoms with Crippen molar-refractivity contribution < 1.29 is 43.0 Å². The van der Waals surface area contributed by atoms with Crippen LogP contribution >= 0.6 is 0 Å². The largest absolute Gasteiger partial charge is 0.381 e. The van der Waals surface area contributed by atoms with Crippen LogP contribution in [0, 0.1) is 52.8 Å². The number of methoxy groups -OCH3 is 1. The number of imide groups is 3. The highest BCUT2D eigenvalue weighted by Gasteiger charge is 2.56. The van der Waals surface area contributed by atoms with E-state index in [9.17, 15) is 28.8 Å². The number of rotatable bonds is 12. The van der Waals surface area contributed by atoms with E-state index in [0.29, 0.717) is 56.9 Å². The minimum atomic E-state index is -0.342. The van der Waals surface area contributed by atoms with Crippen molar-refractivity contribution in [2.45, 2.75) is 211 Å². The number of carbonyl (C=O) groups excluding carboxylic acids is 6. The Morgan fingerprint density at radius 1 is 0.468 bits per heavy atom. The molecule has 0 aromatic rings. The maximum Gasteiger partial charge on any atom is 0.233 e. The van der Waals surface area contributed by atoms with Gasteiger partial charge in [-0.05, 0) is 159 Å². The lowest BCUT2D eigenvalue weighted by atomic mass is 9.60. The van der Waals surface area contributed by atoms with Gasteiger partial charge in [0.15, 0.2) is 0 Å². The lowest BCUT2D eigenvalue weighted by Crippen LogP contribution is -2.50. The van der Waals surface area contributed by atoms with Crippen LogP contribution in [0.5, 0.6) is 0 Å². The molecule has 6 amide bonds. The van der Waals surface area contributed by atoms with Gasteiger partial charge in [0.2, 0.25) is 35.4 Å². The minimum absolute atomic E-state index is 0.00918. The van der Waals surface area contributed by atoms with Gasteiger partial charge in [-0.3, -0.25) is 43.5 Å². The molecule has 62 heavy (non-hydrogen) atoms. The fourth-order valence-corrected chi connectivity index (χ4v) is 14.6. The molecule has 0 radical (unpaired) electrons. The molecule has 11 unspecified atom stereocenters. The highest BCUT2D eigenvalue weighted by molar-refractivity contribution is 6.07. The predicted octanol–water partition coefficient (Wildman–Crippen LogP) is 7.38. The molecule has 3 aliphatic heterocycles. The zero-order valence-electron chi connectivity index (χ0n) is 38.1. The van der Waals surface area contributed by atoms with Crippen molar-refractivity contribution in [1.82, 2.24) is 14.7 Å². The van der Waals surface area contributed by atoms with Gasteiger partial charge in [0.1, 0.15) is 0 Å². The molecule has 9 rings (SSSR count). The second-order valence-electron chi connectivity index (χ2n) is 22.0. The molecule has 3 heterocycles. The summed E-state index contributed by atoms with van der Waals surface area (Å²) in [5, 5.41) is 0. The van der Waals surface area contributed by atoms with E-state index >= 15 is 0 Å². The maximum atomic E-state index is 14.1. The Kier molecular flexibility index (Phi) is 13.1. The lowest BCUT2D eigenvalue weighted by molar-refractivity contribution is -0.146. The van der Waals surface area contributed by atoms with E-state index in [-0.39, 0.29) is 119 Å². The van der Waals surface area contributed by atoms with Crippen LogP contribution in [-0.4, -0.2) is 106 Å². The number of unbranched alkanes of at least 4 members (excludes halogenated alkanes) is 1. The topological polar surface area (TPSA) is 140 Å². The SMILES string of the molecule is CCCCN1C(=O)C2CCC(OC3CCC(C(C)(C)C4CCC(OC5CCC6C(=O)N(C7CCCC(N8C(=O)C9CCC(OC)CC9C8=O)C7)C(=O)C6C5)CC4)CC3)CC2C1=O. The van der Waals surface area contributed by atoms with Crippen LogP contribution < -0.4 is 0 Å². The zero-order valence-corrected chi connectivity index (χ0v) is 38.1. The van der Waals surface area contributed by atoms with Gasteiger partial charge in [-0.25, -0.2) is 0 Å². The van der Waals surface area contributed by atoms with E-state index in [2.05, 4.69) is 20.8 Å². The van der Waals surface area contributed by atoms with Crippen molar-refractivity contribution >= 4 is 35.4 Å². The first-order chi connectivity index (χ1) is 29.9. The Labute approximate surface area is 369 Å². The van der Waals surface area contributed by atoms with Crippen LogP contribution in [0.25, 0.3) is 0 Å². The van der Waals surface area contributed by atoms with Crippen LogP contribution in [0.4, 0.5) is 0 Å². The molecule has 344 valence electrons. The molecule has 12 heteroatoms. The van der Waals surface area contributed by atoms with Gasteiger partial charge in [0, 0.05) is 25.7 Å². The summed E-state index contributed by atoms with van der Waals surface area (Å²) in [5.74, 6) is -0.441. The van der Waals surface area contributed by atoms with Crippen molar-refractivity contribution in [3.63, 3.8) is 0 Å². The molecule has 6 aliphatic carbocycles. The number of likely N-dealkylation sites (tertiary alicyclic amines) is 3. The number of hydrogen-bond donors (Lipinski definition) is 0. The number of ether oxygens (including phenoxy) is 3. The van der Waals surface area contributed by atoms with Crippen molar-refractivity contribution in [2.75, 3.05) is 13.7 Å². The summed E-state index contributed by atoms with van der Waals surface area (Å²) in [5.41, 5.74) is 0.226. The molecule has 0 aromatic carbocycles. The van der Waals surface area contributed by atoms with Crippen LogP contribution in [-0.2, 0) is 43.0 Å². The van der Waals surface area contributed by atoms with Crippen LogP contribution in [0.2, 0.25) is 0 Å². The summed E-state index contributed by atoms with van der Waals surface area (Å²) >= 11 is 0. The Hall–Kier alpha value is -2.70. The molecule has 11 atom stereocenters. The lowest BCUT2D eigenvalue weighted by Gasteiger charge is -2.47. The third kappa shape index (κ3) is 8.26. The predicted molar refractivity (Wildman–Crippen MR) is 230 cm³/mol. The van der Waals surface area contributed by atoms with E-state index in [1.54, 1.807) is 12.0 Å². The van der Waals surface area contributed by atoms with E-state index in [4.69, 9.17) is 14.2 Å². The second kappa shape index (κ2) is 18.3. The smallest absolute Gasteiger partial charge is 0.233 e. The molecular weight excluding hydrogens is 787 g/mol. The molecule has 0 bridgehead atoms. The average Bonchev–Trinajstić information content (AvgIpc) is 3.79. The maximum absolute atomic E-state index is 14.1. The summed E-state index contributed by atoms with van der Waals surface area (Å²) in [6.07, 6.45) is 20.3. The van der Waals surface area contributed by atoms with Crippen LogP contribution in [0.15, 0.2) is 0 Å². The molecule has 9 aliphatic rings. The molecule has 0 aromatic heterocycles. The first-order valence-electron chi connectivity index (χ1n) is 25.3. The van der Waals surface area contributed by atoms with Gasteiger partial charge in [-0.1, -0.05) is 27.2 Å². The Balaban J connectivity index is 0.716. The van der Waals surface area contributed by atoms with Crippen LogP contribution in [0.1, 0.15) is 168 Å². The number of hydrogen-bond acceptors (Lipinski definition) is 9. The van der Waals surface area contributed by atoms with E-state index in [1.807, 2.05) is 0 Å². The quantitative estimate of drug-likeness (QED) is 0.184. The van der Waals surface area contributed by atoms with Gasteiger partial charge in [-0.2, -0.15) is 0 Å². The normalized spacial score (nSPS) is 41.8. The fraction of sp³-hybridized carbons (Fsp3) is 0.880. The summed E-state index contributed by atoms with van der Waals surface area (Å²) in [4.78, 5) is 85.9. The number of amides is 6. The first kappa shape index (κ1) is 44.5. The fourth-order valence-electron chi connectivity index (χ4n) is 14.6. The summed E-state index contributed by atoms with van der Waals surface area (Å²) in [6.45, 7) is 7.61. The summed E-state index contributed by atoms with van der Waals surface area (Å²) in [6, 6.07) is -0.533. The van der Waals surface area contributed by atoms with Gasteiger partial charge < -0.3 is 14.2 Å². The van der Waals surface area contributed by atoms with Gasteiger partial charge in [-0.15, -0.1) is 0 Å². The van der Waals surface area contributed by atoms with Crippen molar-refractivity contribution in [3.05, 3.63) is 0 Å². The highest BCUT2D eigenvalue weighted by atomic mass is 16.5. The average molecular weight is 862 g/mol. The summed E-state index contributed by atoms with van der Waals surface area (Å²) < 4.78 is 19.0.